The van der Waals surface area contributed by atoms with Crippen LogP contribution in [0.4, 0.5) is 0 Å². The summed E-state index contributed by atoms with van der Waals surface area (Å²) in [6.45, 7) is 5.16. The van der Waals surface area contributed by atoms with Gasteiger partial charge in [0.1, 0.15) is 11.4 Å². The van der Waals surface area contributed by atoms with Crippen LogP contribution in [0.3, 0.4) is 0 Å². The van der Waals surface area contributed by atoms with E-state index in [1.54, 1.807) is 47.6 Å². The lowest BCUT2D eigenvalue weighted by atomic mass is 10.2. The zero-order valence-electron chi connectivity index (χ0n) is 18.3. The fraction of sp³-hybridized carbons (Fsp3) is 0.478. The summed E-state index contributed by atoms with van der Waals surface area (Å²) in [6.07, 6.45) is 1.57. The fourth-order valence-corrected chi connectivity index (χ4v) is 6.30. The quantitative estimate of drug-likeness (QED) is 0.611. The van der Waals surface area contributed by atoms with Gasteiger partial charge in [0.25, 0.3) is 11.8 Å². The minimum absolute atomic E-state index is 0.155. The summed E-state index contributed by atoms with van der Waals surface area (Å²) in [4.78, 5) is 27.6. The van der Waals surface area contributed by atoms with Gasteiger partial charge in [-0.3, -0.25) is 13.8 Å². The molecular formula is C23H28ClN3O4S. The summed E-state index contributed by atoms with van der Waals surface area (Å²) >= 11 is 5.90. The van der Waals surface area contributed by atoms with Crippen molar-refractivity contribution in [3.8, 4) is 0 Å². The molecule has 4 rings (SSSR count). The summed E-state index contributed by atoms with van der Waals surface area (Å²) in [5.74, 6) is -0.394. The van der Waals surface area contributed by atoms with Crippen molar-refractivity contribution >= 4 is 34.2 Å². The van der Waals surface area contributed by atoms with Crippen molar-refractivity contribution in [1.29, 1.82) is 0 Å². The second kappa shape index (κ2) is 8.65. The molecule has 2 N–H and O–H groups in total. The van der Waals surface area contributed by atoms with Crippen LogP contribution in [0.1, 0.15) is 53.2 Å². The third kappa shape index (κ3) is 4.36. The van der Waals surface area contributed by atoms with E-state index in [0.29, 0.717) is 42.6 Å². The number of fused-ring (bicyclic) bond motifs is 1. The highest BCUT2D eigenvalue weighted by Gasteiger charge is 2.54. The van der Waals surface area contributed by atoms with E-state index in [-0.39, 0.29) is 18.4 Å². The highest BCUT2D eigenvalue weighted by Crippen LogP contribution is 2.46. The number of aromatic nitrogens is 1. The van der Waals surface area contributed by atoms with Gasteiger partial charge in [0, 0.05) is 42.0 Å². The van der Waals surface area contributed by atoms with Crippen molar-refractivity contribution in [2.45, 2.75) is 49.3 Å². The van der Waals surface area contributed by atoms with Crippen molar-refractivity contribution < 1.29 is 18.9 Å². The lowest BCUT2D eigenvalue weighted by Crippen LogP contribution is -2.49. The molecule has 1 unspecified atom stereocenters. The second-order valence-electron chi connectivity index (χ2n) is 9.16. The van der Waals surface area contributed by atoms with Crippen LogP contribution in [0.2, 0.25) is 5.02 Å². The first-order chi connectivity index (χ1) is 15.2. The van der Waals surface area contributed by atoms with E-state index in [9.17, 15) is 18.9 Å². The molecule has 0 radical (unpaired) electrons. The van der Waals surface area contributed by atoms with Gasteiger partial charge in [0.15, 0.2) is 0 Å². The standard InChI is InChI=1S/C23H28ClN3O4S/c1-22(2,15-28)32(31)23(9-10-23)14-26-11-12-27-18(7-8-19(27)21(26)30)20(29)25-13-16-3-5-17(24)6-4-16/h3-8,28H,9-15H2,1-2H3,(H,25,29). The third-order valence-electron chi connectivity index (χ3n) is 6.24. The summed E-state index contributed by atoms with van der Waals surface area (Å²) in [6, 6.07) is 10.6. The monoisotopic (exact) mass is 477 g/mol. The summed E-state index contributed by atoms with van der Waals surface area (Å²) in [5.41, 5.74) is 1.85. The van der Waals surface area contributed by atoms with Crippen molar-refractivity contribution in [3.05, 3.63) is 58.4 Å². The predicted molar refractivity (Wildman–Crippen MR) is 124 cm³/mol. The first kappa shape index (κ1) is 23.0. The average Bonchev–Trinajstić information content (AvgIpc) is 3.43. The molecule has 2 aromatic rings. The van der Waals surface area contributed by atoms with E-state index in [2.05, 4.69) is 5.32 Å². The number of nitrogens with one attached hydrogen (secondary N) is 1. The minimum atomic E-state index is -1.25. The zero-order valence-corrected chi connectivity index (χ0v) is 19.8. The molecule has 1 aliphatic carbocycles. The Morgan fingerprint density at radius 2 is 1.88 bits per heavy atom. The molecule has 172 valence electrons. The third-order valence-corrected chi connectivity index (χ3v) is 8.95. The molecule has 0 bridgehead atoms. The van der Waals surface area contributed by atoms with Crippen molar-refractivity contribution in [3.63, 3.8) is 0 Å². The molecule has 1 atom stereocenters. The Hall–Kier alpha value is -2.16. The maximum atomic E-state index is 13.1. The number of benzene rings is 1. The number of amides is 2. The minimum Gasteiger partial charge on any atom is -0.395 e. The smallest absolute Gasteiger partial charge is 0.270 e. The Labute approximate surface area is 195 Å². The average molecular weight is 478 g/mol. The number of rotatable bonds is 8. The van der Waals surface area contributed by atoms with Gasteiger partial charge in [-0.15, -0.1) is 0 Å². The number of halogens is 1. The van der Waals surface area contributed by atoms with Gasteiger partial charge in [0.2, 0.25) is 0 Å². The zero-order chi connectivity index (χ0) is 23.1. The van der Waals surface area contributed by atoms with Crippen LogP contribution >= 0.6 is 11.6 Å². The topological polar surface area (TPSA) is 91.6 Å². The molecule has 1 aromatic heterocycles. The normalized spacial score (nSPS) is 18.2. The van der Waals surface area contributed by atoms with Crippen molar-refractivity contribution in [2.75, 3.05) is 19.7 Å². The van der Waals surface area contributed by atoms with E-state index in [1.165, 1.54) is 0 Å². The van der Waals surface area contributed by atoms with Gasteiger partial charge >= 0.3 is 0 Å². The molecule has 0 saturated heterocycles. The second-order valence-corrected chi connectivity index (χ2v) is 12.1. The molecular weight excluding hydrogens is 450 g/mol. The summed E-state index contributed by atoms with van der Waals surface area (Å²) in [5, 5.41) is 13.1. The molecule has 1 aliphatic heterocycles. The van der Waals surface area contributed by atoms with Gasteiger partial charge in [-0.2, -0.15) is 0 Å². The highest BCUT2D eigenvalue weighted by molar-refractivity contribution is 7.88. The van der Waals surface area contributed by atoms with Crippen LogP contribution in [-0.4, -0.2) is 59.8 Å². The summed E-state index contributed by atoms with van der Waals surface area (Å²) in [7, 11) is -1.25. The lowest BCUT2D eigenvalue weighted by Gasteiger charge is -2.34. The van der Waals surface area contributed by atoms with Crippen molar-refractivity contribution in [2.24, 2.45) is 0 Å². The van der Waals surface area contributed by atoms with E-state index in [0.717, 1.165) is 18.4 Å². The van der Waals surface area contributed by atoms with Crippen LogP contribution in [0.15, 0.2) is 36.4 Å². The van der Waals surface area contributed by atoms with Crippen LogP contribution in [0, 0.1) is 0 Å². The molecule has 2 aliphatic rings. The van der Waals surface area contributed by atoms with Crippen molar-refractivity contribution in [1.82, 2.24) is 14.8 Å². The molecule has 9 heteroatoms. The number of aliphatic hydroxyl groups is 1. The maximum Gasteiger partial charge on any atom is 0.270 e. The lowest BCUT2D eigenvalue weighted by molar-refractivity contribution is 0.0698. The molecule has 2 amide bonds. The van der Waals surface area contributed by atoms with E-state index in [4.69, 9.17) is 11.6 Å². The maximum absolute atomic E-state index is 13.1. The Bertz CT molecular complexity index is 1060. The Kier molecular flexibility index (Phi) is 6.22. The number of aliphatic hydroxyl groups excluding tert-OH is 1. The van der Waals surface area contributed by atoms with Crippen LogP contribution in [0.25, 0.3) is 0 Å². The SMILES string of the molecule is CC(C)(CO)S(=O)C1(CN2CCn3c(C(=O)NCc4ccc(Cl)cc4)ccc3C2=O)CC1. The Balaban J connectivity index is 1.43. The molecule has 0 spiro atoms. The van der Waals surface area contributed by atoms with Crippen LogP contribution in [-0.2, 0) is 23.9 Å². The summed E-state index contributed by atoms with van der Waals surface area (Å²) < 4.78 is 13.7. The predicted octanol–water partition coefficient (Wildman–Crippen LogP) is 2.58. The molecule has 1 fully saturated rings. The van der Waals surface area contributed by atoms with E-state index < -0.39 is 20.3 Å². The van der Waals surface area contributed by atoms with Gasteiger partial charge < -0.3 is 19.9 Å². The molecule has 7 nitrogen and oxygen atoms in total. The highest BCUT2D eigenvalue weighted by atomic mass is 35.5. The number of carbonyl (C=O) groups excluding carboxylic acids is 2. The molecule has 1 aromatic carbocycles. The number of carbonyl (C=O) groups is 2. The first-order valence-corrected chi connectivity index (χ1v) is 12.2. The number of nitrogens with zero attached hydrogens (tertiary/aromatic N) is 2. The largest absolute Gasteiger partial charge is 0.395 e. The van der Waals surface area contributed by atoms with Gasteiger partial charge in [-0.25, -0.2) is 0 Å². The first-order valence-electron chi connectivity index (χ1n) is 10.7. The van der Waals surface area contributed by atoms with Gasteiger partial charge in [0.05, 0.1) is 16.1 Å². The molecule has 32 heavy (non-hydrogen) atoms. The number of hydrogen-bond donors (Lipinski definition) is 2. The van der Waals surface area contributed by atoms with E-state index in [1.807, 2.05) is 12.1 Å². The number of hydrogen-bond acceptors (Lipinski definition) is 4. The fourth-order valence-electron chi connectivity index (χ4n) is 4.14. The Morgan fingerprint density at radius 1 is 1.19 bits per heavy atom. The van der Waals surface area contributed by atoms with E-state index >= 15 is 0 Å². The van der Waals surface area contributed by atoms with Gasteiger partial charge in [-0.1, -0.05) is 23.7 Å². The molecule has 1 saturated carbocycles. The Morgan fingerprint density at radius 3 is 2.50 bits per heavy atom. The molecule has 2 heterocycles. The van der Waals surface area contributed by atoms with Crippen LogP contribution in [0.5, 0.6) is 0 Å². The van der Waals surface area contributed by atoms with Crippen LogP contribution < -0.4 is 5.32 Å². The van der Waals surface area contributed by atoms with Gasteiger partial charge in [-0.05, 0) is 56.5 Å².